The van der Waals surface area contributed by atoms with Crippen LogP contribution in [0.1, 0.15) is 40.7 Å². The molecule has 20 heavy (non-hydrogen) atoms. The molecule has 0 bridgehead atoms. The molecule has 1 aliphatic heterocycles. The van der Waals surface area contributed by atoms with Crippen LogP contribution in [0.15, 0.2) is 29.6 Å². The molecule has 0 amide bonds. The van der Waals surface area contributed by atoms with Gasteiger partial charge >= 0.3 is 0 Å². The minimum atomic E-state index is -0.361. The summed E-state index contributed by atoms with van der Waals surface area (Å²) in [4.78, 5) is 15.4. The standard InChI is InChI=1S/C16H16FNOS/c1-10-13-6-8-20-16(13)5-7-18(10)15-4-3-12(17)9-14(15)11(2)19/h3-4,6,8-10H,5,7H2,1-2H3. The second kappa shape index (κ2) is 5.02. The number of fused-ring (bicyclic) bond motifs is 1. The van der Waals surface area contributed by atoms with E-state index in [2.05, 4.69) is 23.3 Å². The number of hydrogen-bond donors (Lipinski definition) is 0. The van der Waals surface area contributed by atoms with Crippen molar-refractivity contribution in [2.24, 2.45) is 0 Å². The summed E-state index contributed by atoms with van der Waals surface area (Å²) in [6, 6.07) is 6.85. The van der Waals surface area contributed by atoms with Gasteiger partial charge in [0.1, 0.15) is 5.82 Å². The molecule has 0 radical (unpaired) electrons. The quantitative estimate of drug-likeness (QED) is 0.772. The number of benzene rings is 1. The number of carbonyl (C=O) groups is 1. The largest absolute Gasteiger partial charge is 0.364 e. The van der Waals surface area contributed by atoms with Crippen LogP contribution in [0.3, 0.4) is 0 Å². The topological polar surface area (TPSA) is 20.3 Å². The summed E-state index contributed by atoms with van der Waals surface area (Å²) in [5, 5.41) is 2.11. The van der Waals surface area contributed by atoms with Crippen LogP contribution in [0.2, 0.25) is 0 Å². The van der Waals surface area contributed by atoms with Gasteiger partial charge in [0, 0.05) is 22.7 Å². The third-order valence-corrected chi connectivity index (χ3v) is 4.92. The molecule has 2 nitrogen and oxygen atoms in total. The summed E-state index contributed by atoms with van der Waals surface area (Å²) in [5.41, 5.74) is 2.62. The van der Waals surface area contributed by atoms with Crippen molar-refractivity contribution < 1.29 is 9.18 Å². The first-order valence-electron chi connectivity index (χ1n) is 6.71. The van der Waals surface area contributed by atoms with E-state index in [4.69, 9.17) is 0 Å². The van der Waals surface area contributed by atoms with Crippen LogP contribution in [-0.2, 0) is 6.42 Å². The molecular formula is C16H16FNOS. The van der Waals surface area contributed by atoms with Gasteiger partial charge in [-0.05, 0) is 55.5 Å². The van der Waals surface area contributed by atoms with Crippen LogP contribution in [0.4, 0.5) is 10.1 Å². The van der Waals surface area contributed by atoms with E-state index in [-0.39, 0.29) is 17.6 Å². The van der Waals surface area contributed by atoms with Gasteiger partial charge in [0.05, 0.1) is 6.04 Å². The number of Topliss-reactive ketones (excluding diaryl/α,β-unsaturated/α-hetero) is 1. The highest BCUT2D eigenvalue weighted by Gasteiger charge is 2.27. The molecule has 2 aromatic rings. The average molecular weight is 289 g/mol. The van der Waals surface area contributed by atoms with E-state index in [0.717, 1.165) is 18.7 Å². The Labute approximate surface area is 121 Å². The molecule has 0 saturated carbocycles. The molecule has 0 aliphatic carbocycles. The predicted molar refractivity (Wildman–Crippen MR) is 80.2 cm³/mol. The molecule has 104 valence electrons. The number of halogens is 1. The molecule has 4 heteroatoms. The third kappa shape index (κ3) is 2.14. The number of hydrogen-bond acceptors (Lipinski definition) is 3. The monoisotopic (exact) mass is 289 g/mol. The fraction of sp³-hybridized carbons (Fsp3) is 0.312. The lowest BCUT2D eigenvalue weighted by Gasteiger charge is -2.36. The molecular weight excluding hydrogens is 273 g/mol. The smallest absolute Gasteiger partial charge is 0.161 e. The Hall–Kier alpha value is -1.68. The van der Waals surface area contributed by atoms with Crippen molar-refractivity contribution in [2.45, 2.75) is 26.3 Å². The highest BCUT2D eigenvalue weighted by molar-refractivity contribution is 7.10. The first-order chi connectivity index (χ1) is 9.58. The Balaban J connectivity index is 2.04. The fourth-order valence-electron chi connectivity index (χ4n) is 2.88. The number of rotatable bonds is 2. The lowest BCUT2D eigenvalue weighted by atomic mass is 9.98. The highest BCUT2D eigenvalue weighted by atomic mass is 32.1. The third-order valence-electron chi connectivity index (χ3n) is 3.92. The fourth-order valence-corrected chi connectivity index (χ4v) is 3.84. The zero-order chi connectivity index (χ0) is 14.3. The van der Waals surface area contributed by atoms with Crippen LogP contribution >= 0.6 is 11.3 Å². The minimum absolute atomic E-state index is 0.0946. The Kier molecular flexibility index (Phi) is 3.34. The Morgan fingerprint density at radius 1 is 1.40 bits per heavy atom. The van der Waals surface area contributed by atoms with Crippen molar-refractivity contribution in [2.75, 3.05) is 11.4 Å². The number of carbonyl (C=O) groups excluding carboxylic acids is 1. The molecule has 1 unspecified atom stereocenters. The van der Waals surface area contributed by atoms with E-state index in [1.807, 2.05) is 0 Å². The Morgan fingerprint density at radius 2 is 2.20 bits per heavy atom. The zero-order valence-electron chi connectivity index (χ0n) is 11.5. The molecule has 1 atom stereocenters. The molecule has 0 fully saturated rings. The van der Waals surface area contributed by atoms with Gasteiger partial charge in [-0.2, -0.15) is 0 Å². The summed E-state index contributed by atoms with van der Waals surface area (Å²) in [6.07, 6.45) is 0.978. The van der Waals surface area contributed by atoms with Gasteiger partial charge in [0.15, 0.2) is 5.78 Å². The molecule has 1 aromatic heterocycles. The maximum absolute atomic E-state index is 13.4. The van der Waals surface area contributed by atoms with Gasteiger partial charge < -0.3 is 4.90 Å². The van der Waals surface area contributed by atoms with E-state index >= 15 is 0 Å². The molecule has 0 N–H and O–H groups in total. The number of anilines is 1. The van der Waals surface area contributed by atoms with Crippen LogP contribution < -0.4 is 4.90 Å². The van der Waals surface area contributed by atoms with Gasteiger partial charge in [-0.15, -0.1) is 11.3 Å². The minimum Gasteiger partial charge on any atom is -0.364 e. The lowest BCUT2D eigenvalue weighted by Crippen LogP contribution is -2.34. The first kappa shape index (κ1) is 13.3. The second-order valence-electron chi connectivity index (χ2n) is 5.14. The average Bonchev–Trinajstić information content (AvgIpc) is 2.89. The highest BCUT2D eigenvalue weighted by Crippen LogP contribution is 2.37. The normalized spacial score (nSPS) is 17.9. The maximum atomic E-state index is 13.4. The van der Waals surface area contributed by atoms with E-state index < -0.39 is 0 Å². The van der Waals surface area contributed by atoms with Crippen molar-refractivity contribution in [3.05, 3.63) is 51.5 Å². The predicted octanol–water partition coefficient (Wildman–Crippen LogP) is 4.21. The summed E-state index contributed by atoms with van der Waals surface area (Å²) in [6.45, 7) is 4.49. The molecule has 0 spiro atoms. The molecule has 3 rings (SSSR count). The number of nitrogens with zero attached hydrogens (tertiary/aromatic N) is 1. The summed E-state index contributed by atoms with van der Waals surface area (Å²) in [5.74, 6) is -0.456. The van der Waals surface area contributed by atoms with Crippen molar-refractivity contribution in [3.63, 3.8) is 0 Å². The summed E-state index contributed by atoms with van der Waals surface area (Å²) in [7, 11) is 0. The van der Waals surface area contributed by atoms with Crippen LogP contribution in [0, 0.1) is 5.82 Å². The van der Waals surface area contributed by atoms with Crippen LogP contribution in [-0.4, -0.2) is 12.3 Å². The maximum Gasteiger partial charge on any atom is 0.161 e. The summed E-state index contributed by atoms with van der Waals surface area (Å²) >= 11 is 1.79. The van der Waals surface area contributed by atoms with Gasteiger partial charge in [-0.3, -0.25) is 4.79 Å². The molecule has 1 aromatic carbocycles. The van der Waals surface area contributed by atoms with Gasteiger partial charge in [-0.1, -0.05) is 0 Å². The van der Waals surface area contributed by atoms with Crippen molar-refractivity contribution in [3.8, 4) is 0 Å². The van der Waals surface area contributed by atoms with Crippen LogP contribution in [0.25, 0.3) is 0 Å². The van der Waals surface area contributed by atoms with Crippen LogP contribution in [0.5, 0.6) is 0 Å². The molecule has 0 saturated heterocycles. The first-order valence-corrected chi connectivity index (χ1v) is 7.59. The van der Waals surface area contributed by atoms with E-state index in [1.54, 1.807) is 17.4 Å². The second-order valence-corrected chi connectivity index (χ2v) is 6.14. The zero-order valence-corrected chi connectivity index (χ0v) is 12.3. The van der Waals surface area contributed by atoms with Gasteiger partial charge in [0.2, 0.25) is 0 Å². The SMILES string of the molecule is CC(=O)c1cc(F)ccc1N1CCc2sccc2C1C. The Morgan fingerprint density at radius 3 is 2.95 bits per heavy atom. The molecule has 1 aliphatic rings. The summed E-state index contributed by atoms with van der Waals surface area (Å²) < 4.78 is 13.4. The van der Waals surface area contributed by atoms with E-state index in [1.165, 1.54) is 29.5 Å². The molecule has 2 heterocycles. The van der Waals surface area contributed by atoms with E-state index in [9.17, 15) is 9.18 Å². The number of ketones is 1. The van der Waals surface area contributed by atoms with E-state index in [0.29, 0.717) is 5.56 Å². The van der Waals surface area contributed by atoms with Crippen molar-refractivity contribution in [1.82, 2.24) is 0 Å². The van der Waals surface area contributed by atoms with Gasteiger partial charge in [-0.25, -0.2) is 4.39 Å². The Bertz CT molecular complexity index is 664. The van der Waals surface area contributed by atoms with Crippen molar-refractivity contribution in [1.29, 1.82) is 0 Å². The lowest BCUT2D eigenvalue weighted by molar-refractivity contribution is 0.101. The van der Waals surface area contributed by atoms with Gasteiger partial charge in [0.25, 0.3) is 0 Å². The van der Waals surface area contributed by atoms with Crippen molar-refractivity contribution >= 4 is 22.8 Å². The number of thiophene rings is 1.